The normalized spacial score (nSPS) is 12.2. The van der Waals surface area contributed by atoms with Crippen LogP contribution in [0.2, 0.25) is 0 Å². The highest BCUT2D eigenvalue weighted by molar-refractivity contribution is 6.11. The van der Waals surface area contributed by atoms with Crippen LogP contribution in [0, 0.1) is 6.92 Å². The molecule has 4 aromatic rings. The summed E-state index contributed by atoms with van der Waals surface area (Å²) >= 11 is 0. The molecule has 0 aliphatic rings. The quantitative estimate of drug-likeness (QED) is 0.430. The molecule has 0 radical (unpaired) electrons. The van der Waals surface area contributed by atoms with Gasteiger partial charge in [0.05, 0.1) is 5.39 Å². The highest BCUT2D eigenvalue weighted by atomic mass is 16.6. The number of esters is 1. The number of aryl methyl sites for hydroxylation is 1. The zero-order valence-corrected chi connectivity index (χ0v) is 15.3. The van der Waals surface area contributed by atoms with Crippen LogP contribution >= 0.6 is 0 Å². The molecule has 28 heavy (non-hydrogen) atoms. The summed E-state index contributed by atoms with van der Waals surface area (Å²) in [5.74, 6) is -1.42. The Morgan fingerprint density at radius 3 is 2.50 bits per heavy atom. The molecular formula is C22H17NO5. The number of aromatic nitrogens is 1. The molecule has 2 heterocycles. The molecule has 1 atom stereocenters. The lowest BCUT2D eigenvalue weighted by atomic mass is 10.0. The molecule has 0 saturated heterocycles. The first-order valence-electron chi connectivity index (χ1n) is 8.81. The van der Waals surface area contributed by atoms with E-state index in [1.54, 1.807) is 31.2 Å². The molecule has 0 aliphatic heterocycles. The van der Waals surface area contributed by atoms with Crippen molar-refractivity contribution in [2.75, 3.05) is 0 Å². The lowest BCUT2D eigenvalue weighted by molar-refractivity contribution is 0.0290. The van der Waals surface area contributed by atoms with Crippen molar-refractivity contribution in [2.24, 2.45) is 0 Å². The molecule has 0 spiro atoms. The SMILES string of the molecule is Cc1[nH]c2ccccc2c1C(=O)C(C)OC(=O)c1cc(=O)c2ccccc2o1. The van der Waals surface area contributed by atoms with Crippen molar-refractivity contribution < 1.29 is 18.7 Å². The molecule has 2 aromatic heterocycles. The van der Waals surface area contributed by atoms with Gasteiger partial charge in [0.15, 0.2) is 11.5 Å². The van der Waals surface area contributed by atoms with Gasteiger partial charge in [-0.1, -0.05) is 30.3 Å². The zero-order valence-electron chi connectivity index (χ0n) is 15.3. The summed E-state index contributed by atoms with van der Waals surface area (Å²) in [7, 11) is 0. The van der Waals surface area contributed by atoms with Gasteiger partial charge >= 0.3 is 5.97 Å². The highest BCUT2D eigenvalue weighted by Gasteiger charge is 2.26. The van der Waals surface area contributed by atoms with Gasteiger partial charge in [0.25, 0.3) is 0 Å². The van der Waals surface area contributed by atoms with Gasteiger partial charge in [-0.2, -0.15) is 0 Å². The van der Waals surface area contributed by atoms with Gasteiger partial charge in [0, 0.05) is 28.2 Å². The van der Waals surface area contributed by atoms with Crippen molar-refractivity contribution in [3.63, 3.8) is 0 Å². The van der Waals surface area contributed by atoms with E-state index in [9.17, 15) is 14.4 Å². The minimum absolute atomic E-state index is 0.237. The van der Waals surface area contributed by atoms with Gasteiger partial charge in [-0.15, -0.1) is 0 Å². The Morgan fingerprint density at radius 2 is 1.71 bits per heavy atom. The standard InChI is InChI=1S/C22H17NO5/c1-12-20(14-7-3-5-9-16(14)23-12)21(25)13(2)27-22(26)19-11-17(24)15-8-4-6-10-18(15)28-19/h3-11,13,23H,1-2H3. The maximum Gasteiger partial charge on any atom is 0.375 e. The summed E-state index contributed by atoms with van der Waals surface area (Å²) in [6.07, 6.45) is -1.04. The molecule has 1 unspecified atom stereocenters. The monoisotopic (exact) mass is 375 g/mol. The van der Waals surface area contributed by atoms with E-state index in [0.717, 1.165) is 17.0 Å². The Balaban J connectivity index is 1.62. The van der Waals surface area contributed by atoms with Crippen LogP contribution in [0.25, 0.3) is 21.9 Å². The van der Waals surface area contributed by atoms with E-state index in [4.69, 9.17) is 9.15 Å². The zero-order chi connectivity index (χ0) is 19.8. The first-order valence-corrected chi connectivity index (χ1v) is 8.81. The number of carbonyl (C=O) groups is 2. The molecular weight excluding hydrogens is 358 g/mol. The predicted molar refractivity (Wildman–Crippen MR) is 105 cm³/mol. The first-order chi connectivity index (χ1) is 13.5. The van der Waals surface area contributed by atoms with Crippen LogP contribution in [-0.2, 0) is 4.74 Å². The molecule has 0 amide bonds. The number of Topliss-reactive ketones (excluding diaryl/α,β-unsaturated/α-hetero) is 1. The number of nitrogens with one attached hydrogen (secondary N) is 1. The molecule has 0 fully saturated rings. The number of benzene rings is 2. The summed E-state index contributed by atoms with van der Waals surface area (Å²) in [5, 5.41) is 1.14. The second kappa shape index (κ2) is 6.81. The largest absolute Gasteiger partial charge is 0.449 e. The summed E-state index contributed by atoms with van der Waals surface area (Å²) in [6, 6.07) is 15.1. The second-order valence-corrected chi connectivity index (χ2v) is 6.55. The number of ether oxygens (including phenoxy) is 1. The third-order valence-corrected chi connectivity index (χ3v) is 4.63. The van der Waals surface area contributed by atoms with E-state index in [-0.39, 0.29) is 22.6 Å². The third kappa shape index (κ3) is 2.99. The smallest absolute Gasteiger partial charge is 0.375 e. The summed E-state index contributed by atoms with van der Waals surface area (Å²) in [5.41, 5.74) is 1.96. The van der Waals surface area contributed by atoms with Gasteiger partial charge in [-0.3, -0.25) is 9.59 Å². The van der Waals surface area contributed by atoms with Gasteiger partial charge in [-0.25, -0.2) is 4.79 Å². The Bertz CT molecular complexity index is 1280. The van der Waals surface area contributed by atoms with Crippen LogP contribution in [-0.4, -0.2) is 22.8 Å². The molecule has 1 N–H and O–H groups in total. The average molecular weight is 375 g/mol. The van der Waals surface area contributed by atoms with Gasteiger partial charge in [0.2, 0.25) is 11.5 Å². The minimum Gasteiger partial charge on any atom is -0.449 e. The van der Waals surface area contributed by atoms with Crippen LogP contribution in [0.15, 0.2) is 63.8 Å². The Morgan fingerprint density at radius 1 is 1.04 bits per heavy atom. The maximum absolute atomic E-state index is 12.9. The van der Waals surface area contributed by atoms with E-state index in [1.165, 1.54) is 6.92 Å². The molecule has 140 valence electrons. The highest BCUT2D eigenvalue weighted by Crippen LogP contribution is 2.24. The fourth-order valence-corrected chi connectivity index (χ4v) is 3.27. The van der Waals surface area contributed by atoms with Crippen molar-refractivity contribution in [3.8, 4) is 0 Å². The summed E-state index contributed by atoms with van der Waals surface area (Å²) in [4.78, 5) is 40.7. The van der Waals surface area contributed by atoms with Crippen molar-refractivity contribution >= 4 is 33.6 Å². The predicted octanol–water partition coefficient (Wildman–Crippen LogP) is 4.01. The Labute approximate surface area is 159 Å². The number of rotatable bonds is 4. The van der Waals surface area contributed by atoms with E-state index in [2.05, 4.69) is 4.98 Å². The number of fused-ring (bicyclic) bond motifs is 2. The molecule has 4 rings (SSSR count). The second-order valence-electron chi connectivity index (χ2n) is 6.55. The maximum atomic E-state index is 12.9. The number of ketones is 1. The molecule has 6 nitrogen and oxygen atoms in total. The fourth-order valence-electron chi connectivity index (χ4n) is 3.27. The van der Waals surface area contributed by atoms with Gasteiger partial charge < -0.3 is 14.1 Å². The first kappa shape index (κ1) is 17.7. The minimum atomic E-state index is -1.04. The van der Waals surface area contributed by atoms with Crippen molar-refractivity contribution in [1.29, 1.82) is 0 Å². The molecule has 0 bridgehead atoms. The number of hydrogen-bond donors (Lipinski definition) is 1. The van der Waals surface area contributed by atoms with E-state index in [0.29, 0.717) is 16.6 Å². The number of aromatic amines is 1. The number of para-hydroxylation sites is 2. The number of hydrogen-bond acceptors (Lipinski definition) is 5. The fraction of sp³-hybridized carbons (Fsp3) is 0.136. The molecule has 6 heteroatoms. The van der Waals surface area contributed by atoms with Crippen LogP contribution in [0.1, 0.15) is 33.5 Å². The lowest BCUT2D eigenvalue weighted by Crippen LogP contribution is -2.25. The molecule has 0 aliphatic carbocycles. The molecule has 2 aromatic carbocycles. The Kier molecular flexibility index (Phi) is 4.31. The van der Waals surface area contributed by atoms with Gasteiger partial charge in [0.1, 0.15) is 5.58 Å². The van der Waals surface area contributed by atoms with Crippen LogP contribution in [0.5, 0.6) is 0 Å². The lowest BCUT2D eigenvalue weighted by Gasteiger charge is -2.12. The topological polar surface area (TPSA) is 89.4 Å². The van der Waals surface area contributed by atoms with E-state index in [1.807, 2.05) is 24.3 Å². The third-order valence-electron chi connectivity index (χ3n) is 4.63. The van der Waals surface area contributed by atoms with Crippen molar-refractivity contribution in [3.05, 3.63) is 81.8 Å². The van der Waals surface area contributed by atoms with Crippen molar-refractivity contribution in [1.82, 2.24) is 4.98 Å². The van der Waals surface area contributed by atoms with Crippen molar-refractivity contribution in [2.45, 2.75) is 20.0 Å². The summed E-state index contributed by atoms with van der Waals surface area (Å²) < 4.78 is 10.8. The number of H-pyrrole nitrogens is 1. The number of carbonyl (C=O) groups excluding carboxylic acids is 2. The van der Waals surface area contributed by atoms with Crippen LogP contribution in [0.4, 0.5) is 0 Å². The summed E-state index contributed by atoms with van der Waals surface area (Å²) in [6.45, 7) is 3.30. The average Bonchev–Trinajstić information content (AvgIpc) is 3.02. The van der Waals surface area contributed by atoms with Gasteiger partial charge in [-0.05, 0) is 32.0 Å². The molecule has 0 saturated carbocycles. The van der Waals surface area contributed by atoms with Crippen LogP contribution in [0.3, 0.4) is 0 Å². The van der Waals surface area contributed by atoms with E-state index >= 15 is 0 Å². The van der Waals surface area contributed by atoms with E-state index < -0.39 is 12.1 Å². The Hall–Kier alpha value is -3.67. The van der Waals surface area contributed by atoms with Crippen LogP contribution < -0.4 is 5.43 Å².